The van der Waals surface area contributed by atoms with Crippen molar-refractivity contribution in [2.24, 2.45) is 5.73 Å². The normalized spacial score (nSPS) is 16.8. The smallest absolute Gasteiger partial charge is 0.254 e. The summed E-state index contributed by atoms with van der Waals surface area (Å²) in [5.74, 6) is 0.0269. The molecule has 0 unspecified atom stereocenters. The Bertz CT molecular complexity index is 1290. The lowest BCUT2D eigenvalue weighted by molar-refractivity contribution is 0.0709. The van der Waals surface area contributed by atoms with Crippen molar-refractivity contribution >= 4 is 22.5 Å². The Kier molecular flexibility index (Phi) is 5.45. The molecule has 1 amide bonds. The Hall–Kier alpha value is -3.16. The molecule has 0 aliphatic carbocycles. The number of fused-ring (bicyclic) bond motifs is 2. The Morgan fingerprint density at radius 1 is 1.25 bits per heavy atom. The largest absolute Gasteiger partial charge is 0.383 e. The number of ether oxygens (including phenoxy) is 1. The van der Waals surface area contributed by atoms with Gasteiger partial charge in [-0.15, -0.1) is 0 Å². The molecule has 1 fully saturated rings. The topological polar surface area (TPSA) is 77.8 Å². The standard InChI is InChI=1S/C25H29N5O2/c1-17-24(22-14-18-6-3-4-8-21(18)30(22)12-13-32-2)27-23-15-19(9-11-29(17)23)25(31)28-10-5-7-20(26)16-28/h3-4,6,8-9,11,14-15,20H,5,7,10,12-13,16,26H2,1-2H3/t20-/m1/s1. The Morgan fingerprint density at radius 2 is 2.09 bits per heavy atom. The maximum Gasteiger partial charge on any atom is 0.254 e. The van der Waals surface area contributed by atoms with Crippen molar-refractivity contribution < 1.29 is 9.53 Å². The van der Waals surface area contributed by atoms with Gasteiger partial charge in [-0.2, -0.15) is 0 Å². The summed E-state index contributed by atoms with van der Waals surface area (Å²) in [4.78, 5) is 19.9. The van der Waals surface area contributed by atoms with E-state index < -0.39 is 0 Å². The van der Waals surface area contributed by atoms with Gasteiger partial charge in [0.1, 0.15) is 11.3 Å². The van der Waals surface area contributed by atoms with E-state index in [4.69, 9.17) is 15.5 Å². The van der Waals surface area contributed by atoms with Gasteiger partial charge >= 0.3 is 0 Å². The number of amides is 1. The lowest BCUT2D eigenvalue weighted by Gasteiger charge is -2.30. The quantitative estimate of drug-likeness (QED) is 0.525. The summed E-state index contributed by atoms with van der Waals surface area (Å²) < 4.78 is 9.66. The average Bonchev–Trinajstić information content (AvgIpc) is 3.34. The number of hydrogen-bond donors (Lipinski definition) is 1. The number of nitrogens with zero attached hydrogens (tertiary/aromatic N) is 4. The summed E-state index contributed by atoms with van der Waals surface area (Å²) in [6.45, 7) is 4.80. The third-order valence-corrected chi connectivity index (χ3v) is 6.43. The fourth-order valence-electron chi connectivity index (χ4n) is 4.75. The van der Waals surface area contributed by atoms with E-state index in [1.54, 1.807) is 7.11 Å². The number of methoxy groups -OCH3 is 1. The number of aryl methyl sites for hydroxylation is 1. The number of carbonyl (C=O) groups is 1. The number of nitrogens with two attached hydrogens (primary N) is 1. The highest BCUT2D eigenvalue weighted by atomic mass is 16.5. The molecule has 1 atom stereocenters. The number of para-hydroxylation sites is 1. The van der Waals surface area contributed by atoms with Gasteiger partial charge in [0.15, 0.2) is 0 Å². The first-order chi connectivity index (χ1) is 15.6. The Balaban J connectivity index is 1.56. The number of benzene rings is 1. The number of piperidine rings is 1. The van der Waals surface area contributed by atoms with E-state index in [1.165, 1.54) is 5.39 Å². The van der Waals surface area contributed by atoms with Crippen molar-refractivity contribution in [1.29, 1.82) is 0 Å². The fourth-order valence-corrected chi connectivity index (χ4v) is 4.75. The molecule has 7 nitrogen and oxygen atoms in total. The van der Waals surface area contributed by atoms with E-state index in [2.05, 4.69) is 35.8 Å². The molecule has 4 aromatic rings. The Morgan fingerprint density at radius 3 is 2.91 bits per heavy atom. The predicted octanol–water partition coefficient (Wildman–Crippen LogP) is 3.47. The van der Waals surface area contributed by atoms with Crippen molar-refractivity contribution in [3.05, 3.63) is 59.9 Å². The number of rotatable bonds is 5. The van der Waals surface area contributed by atoms with E-state index >= 15 is 0 Å². The molecular weight excluding hydrogens is 402 g/mol. The van der Waals surface area contributed by atoms with Crippen LogP contribution in [-0.2, 0) is 11.3 Å². The third kappa shape index (κ3) is 3.57. The monoisotopic (exact) mass is 431 g/mol. The molecule has 32 heavy (non-hydrogen) atoms. The van der Waals surface area contributed by atoms with Crippen LogP contribution in [0.5, 0.6) is 0 Å². The second-order valence-electron chi connectivity index (χ2n) is 8.58. The number of imidazole rings is 1. The molecule has 1 aliphatic heterocycles. The highest BCUT2D eigenvalue weighted by Crippen LogP contribution is 2.31. The van der Waals surface area contributed by atoms with Gasteiger partial charge in [-0.1, -0.05) is 18.2 Å². The van der Waals surface area contributed by atoms with E-state index in [9.17, 15) is 4.79 Å². The second-order valence-corrected chi connectivity index (χ2v) is 8.58. The molecule has 1 aliphatic rings. The van der Waals surface area contributed by atoms with Gasteiger partial charge in [-0.3, -0.25) is 4.79 Å². The van der Waals surface area contributed by atoms with Gasteiger partial charge in [-0.25, -0.2) is 4.98 Å². The summed E-state index contributed by atoms with van der Waals surface area (Å²) in [5.41, 5.74) is 11.7. The number of carbonyl (C=O) groups excluding carboxylic acids is 1. The summed E-state index contributed by atoms with van der Waals surface area (Å²) in [6, 6.07) is 14.4. The molecule has 0 spiro atoms. The molecule has 0 saturated carbocycles. The van der Waals surface area contributed by atoms with Crippen molar-refractivity contribution in [3.63, 3.8) is 0 Å². The van der Waals surface area contributed by atoms with Crippen LogP contribution in [0.1, 0.15) is 28.9 Å². The molecule has 7 heteroatoms. The molecule has 1 aromatic carbocycles. The molecule has 1 saturated heterocycles. The molecule has 5 rings (SSSR count). The van der Waals surface area contributed by atoms with Gasteiger partial charge in [-0.05, 0) is 44.0 Å². The first kappa shape index (κ1) is 20.7. The van der Waals surface area contributed by atoms with Crippen LogP contribution in [0, 0.1) is 6.92 Å². The van der Waals surface area contributed by atoms with Crippen LogP contribution in [0.15, 0.2) is 48.7 Å². The van der Waals surface area contributed by atoms with Crippen LogP contribution in [0.4, 0.5) is 0 Å². The van der Waals surface area contributed by atoms with E-state index in [0.29, 0.717) is 18.7 Å². The first-order valence-electron chi connectivity index (χ1n) is 11.2. The van der Waals surface area contributed by atoms with Crippen LogP contribution in [0.25, 0.3) is 27.9 Å². The summed E-state index contributed by atoms with van der Waals surface area (Å²) in [6.07, 6.45) is 3.87. The van der Waals surface area contributed by atoms with Gasteiger partial charge in [0.05, 0.1) is 12.3 Å². The average molecular weight is 432 g/mol. The van der Waals surface area contributed by atoms with Gasteiger partial charge < -0.3 is 24.3 Å². The predicted molar refractivity (Wildman–Crippen MR) is 126 cm³/mol. The van der Waals surface area contributed by atoms with E-state index in [1.807, 2.05) is 33.7 Å². The SMILES string of the molecule is COCCn1c(-c2nc3cc(C(=O)N4CCC[C@@H](N)C4)ccn3c2C)cc2ccccc21. The molecule has 4 heterocycles. The highest BCUT2D eigenvalue weighted by Gasteiger charge is 2.23. The Labute approximate surface area is 187 Å². The van der Waals surface area contributed by atoms with Crippen molar-refractivity contribution in [1.82, 2.24) is 18.9 Å². The van der Waals surface area contributed by atoms with E-state index in [-0.39, 0.29) is 11.9 Å². The zero-order valence-electron chi connectivity index (χ0n) is 18.6. The molecule has 3 aromatic heterocycles. The molecule has 0 radical (unpaired) electrons. The third-order valence-electron chi connectivity index (χ3n) is 6.43. The van der Waals surface area contributed by atoms with Gasteiger partial charge in [0.2, 0.25) is 0 Å². The van der Waals surface area contributed by atoms with Crippen molar-refractivity contribution in [3.8, 4) is 11.4 Å². The zero-order chi connectivity index (χ0) is 22.2. The zero-order valence-corrected chi connectivity index (χ0v) is 18.6. The summed E-state index contributed by atoms with van der Waals surface area (Å²) >= 11 is 0. The van der Waals surface area contributed by atoms with Crippen molar-refractivity contribution in [2.45, 2.75) is 32.4 Å². The minimum atomic E-state index is 0.0269. The van der Waals surface area contributed by atoms with Crippen LogP contribution >= 0.6 is 0 Å². The van der Waals surface area contributed by atoms with Gasteiger partial charge in [0.25, 0.3) is 5.91 Å². The van der Waals surface area contributed by atoms with Crippen LogP contribution in [0.2, 0.25) is 0 Å². The lowest BCUT2D eigenvalue weighted by Crippen LogP contribution is -2.45. The van der Waals surface area contributed by atoms with Crippen LogP contribution < -0.4 is 5.73 Å². The molecule has 2 N–H and O–H groups in total. The number of pyridine rings is 1. The molecule has 0 bridgehead atoms. The second kappa shape index (κ2) is 8.41. The fraction of sp³-hybridized carbons (Fsp3) is 0.360. The van der Waals surface area contributed by atoms with Crippen LogP contribution in [0.3, 0.4) is 0 Å². The minimum Gasteiger partial charge on any atom is -0.383 e. The van der Waals surface area contributed by atoms with Crippen LogP contribution in [-0.4, -0.2) is 57.6 Å². The number of hydrogen-bond acceptors (Lipinski definition) is 4. The minimum absolute atomic E-state index is 0.0269. The lowest BCUT2D eigenvalue weighted by atomic mass is 10.1. The molecular formula is C25H29N5O2. The maximum absolute atomic E-state index is 13.1. The summed E-state index contributed by atoms with van der Waals surface area (Å²) in [5, 5.41) is 1.17. The van der Waals surface area contributed by atoms with E-state index in [0.717, 1.165) is 54.2 Å². The number of aromatic nitrogens is 3. The van der Waals surface area contributed by atoms with Gasteiger partial charge in [0, 0.05) is 61.1 Å². The number of likely N-dealkylation sites (tertiary alicyclic amines) is 1. The highest BCUT2D eigenvalue weighted by molar-refractivity contribution is 5.95. The maximum atomic E-state index is 13.1. The first-order valence-corrected chi connectivity index (χ1v) is 11.2. The van der Waals surface area contributed by atoms with Crippen molar-refractivity contribution in [2.75, 3.05) is 26.8 Å². The summed E-state index contributed by atoms with van der Waals surface area (Å²) in [7, 11) is 1.72. The molecule has 166 valence electrons.